The number of ether oxygens (including phenoxy) is 1. The molecule has 2 aromatic rings. The number of methoxy groups -OCH3 is 1. The number of nitrogens with one attached hydrogen (secondary N) is 2. The Labute approximate surface area is 166 Å². The van der Waals surface area contributed by atoms with E-state index in [2.05, 4.69) is 48.4 Å². The molecule has 0 aliphatic heterocycles. The molecule has 1 amide bonds. The average molecular weight is 383 g/mol. The molecule has 6 nitrogen and oxygen atoms in total. The summed E-state index contributed by atoms with van der Waals surface area (Å²) in [6.07, 6.45) is 0.284. The van der Waals surface area contributed by atoms with Crippen LogP contribution in [0.3, 0.4) is 0 Å². The lowest BCUT2D eigenvalue weighted by Gasteiger charge is -2.22. The molecule has 2 aromatic carbocycles. The van der Waals surface area contributed by atoms with E-state index < -0.39 is 5.97 Å². The Kier molecular flexibility index (Phi) is 7.87. The number of carbonyl (C=O) groups is 2. The number of esters is 1. The summed E-state index contributed by atoms with van der Waals surface area (Å²) >= 11 is 0. The van der Waals surface area contributed by atoms with Gasteiger partial charge < -0.3 is 20.3 Å². The van der Waals surface area contributed by atoms with Crippen molar-refractivity contribution in [2.45, 2.75) is 27.2 Å². The van der Waals surface area contributed by atoms with Crippen LogP contribution in [-0.2, 0) is 9.53 Å². The van der Waals surface area contributed by atoms with Crippen molar-refractivity contribution in [3.05, 3.63) is 53.6 Å². The number of aryl methyl sites for hydroxylation is 1. The van der Waals surface area contributed by atoms with E-state index in [9.17, 15) is 9.59 Å². The van der Waals surface area contributed by atoms with Crippen LogP contribution in [0.4, 0.5) is 17.1 Å². The standard InChI is InChI=1S/C22H29N3O3/c1-5-25(6-2)17-11-12-19(16(3)15-17)23-14-13-21(26)24-20-10-8-7-9-18(20)22(27)28-4/h7-12,15,23H,5-6,13-14H2,1-4H3,(H,24,26). The van der Waals surface area contributed by atoms with Crippen molar-refractivity contribution in [2.75, 3.05) is 42.3 Å². The largest absolute Gasteiger partial charge is 0.465 e. The van der Waals surface area contributed by atoms with E-state index in [1.54, 1.807) is 24.3 Å². The summed E-state index contributed by atoms with van der Waals surface area (Å²) in [5, 5.41) is 6.09. The molecule has 2 N–H and O–H groups in total. The highest BCUT2D eigenvalue weighted by atomic mass is 16.5. The van der Waals surface area contributed by atoms with Gasteiger partial charge in [-0.1, -0.05) is 12.1 Å². The molecule has 6 heteroatoms. The molecule has 0 heterocycles. The lowest BCUT2D eigenvalue weighted by Crippen LogP contribution is -2.22. The monoisotopic (exact) mass is 383 g/mol. The molecule has 2 rings (SSSR count). The highest BCUT2D eigenvalue weighted by Gasteiger charge is 2.13. The van der Waals surface area contributed by atoms with Crippen molar-refractivity contribution in [3.63, 3.8) is 0 Å². The average Bonchev–Trinajstić information content (AvgIpc) is 2.70. The number of nitrogens with zero attached hydrogens (tertiary/aromatic N) is 1. The van der Waals surface area contributed by atoms with Crippen LogP contribution in [0.5, 0.6) is 0 Å². The molecule has 0 aliphatic rings. The Morgan fingerprint density at radius 3 is 2.39 bits per heavy atom. The Hall–Kier alpha value is -3.02. The van der Waals surface area contributed by atoms with E-state index in [0.29, 0.717) is 17.8 Å². The van der Waals surface area contributed by atoms with Gasteiger partial charge in [0.15, 0.2) is 0 Å². The summed E-state index contributed by atoms with van der Waals surface area (Å²) in [4.78, 5) is 26.3. The van der Waals surface area contributed by atoms with E-state index in [1.165, 1.54) is 12.8 Å². The van der Waals surface area contributed by atoms with Gasteiger partial charge in [0, 0.05) is 37.4 Å². The highest BCUT2D eigenvalue weighted by molar-refractivity contribution is 6.01. The molecule has 0 atom stereocenters. The molecular formula is C22H29N3O3. The minimum Gasteiger partial charge on any atom is -0.465 e. The van der Waals surface area contributed by atoms with Crippen molar-refractivity contribution in [2.24, 2.45) is 0 Å². The SMILES string of the molecule is CCN(CC)c1ccc(NCCC(=O)Nc2ccccc2C(=O)OC)c(C)c1. The third-order valence-corrected chi connectivity index (χ3v) is 4.61. The lowest BCUT2D eigenvalue weighted by atomic mass is 10.1. The van der Waals surface area contributed by atoms with Crippen LogP contribution in [-0.4, -0.2) is 38.6 Å². The predicted octanol–water partition coefficient (Wildman–Crippen LogP) is 4.07. The van der Waals surface area contributed by atoms with E-state index in [0.717, 1.165) is 24.3 Å². The Morgan fingerprint density at radius 2 is 1.75 bits per heavy atom. The molecule has 0 unspecified atom stereocenters. The summed E-state index contributed by atoms with van der Waals surface area (Å²) in [5.41, 5.74) is 4.15. The quantitative estimate of drug-likeness (QED) is 0.639. The molecule has 0 saturated carbocycles. The Bertz CT molecular complexity index is 816. The van der Waals surface area contributed by atoms with Gasteiger partial charge in [0.05, 0.1) is 18.4 Å². The number of rotatable bonds is 9. The number of hydrogen-bond acceptors (Lipinski definition) is 5. The maximum Gasteiger partial charge on any atom is 0.339 e. The summed E-state index contributed by atoms with van der Waals surface area (Å²) in [6.45, 7) is 8.77. The van der Waals surface area contributed by atoms with Crippen LogP contribution < -0.4 is 15.5 Å². The second kappa shape index (κ2) is 10.3. The first-order valence-corrected chi connectivity index (χ1v) is 9.56. The molecule has 0 saturated heterocycles. The van der Waals surface area contributed by atoms with Gasteiger partial charge in [0.25, 0.3) is 0 Å². The van der Waals surface area contributed by atoms with Crippen LogP contribution in [0, 0.1) is 6.92 Å². The fourth-order valence-corrected chi connectivity index (χ4v) is 3.04. The first kappa shape index (κ1) is 21.3. The number of amides is 1. The van der Waals surface area contributed by atoms with Gasteiger partial charge >= 0.3 is 5.97 Å². The normalized spacial score (nSPS) is 10.3. The van der Waals surface area contributed by atoms with Gasteiger partial charge in [-0.05, 0) is 56.7 Å². The van der Waals surface area contributed by atoms with Gasteiger partial charge in [0.1, 0.15) is 0 Å². The van der Waals surface area contributed by atoms with Crippen LogP contribution in [0.1, 0.15) is 36.2 Å². The smallest absolute Gasteiger partial charge is 0.339 e. The molecule has 150 valence electrons. The van der Waals surface area contributed by atoms with Gasteiger partial charge in [-0.3, -0.25) is 4.79 Å². The lowest BCUT2D eigenvalue weighted by molar-refractivity contribution is -0.115. The van der Waals surface area contributed by atoms with Crippen molar-refractivity contribution in [1.82, 2.24) is 0 Å². The number of hydrogen-bond donors (Lipinski definition) is 2. The number of para-hydroxylation sites is 1. The summed E-state index contributed by atoms with van der Waals surface area (Å²) in [5.74, 6) is -0.640. The zero-order valence-electron chi connectivity index (χ0n) is 17.0. The summed E-state index contributed by atoms with van der Waals surface area (Å²) < 4.78 is 4.75. The number of carbonyl (C=O) groups excluding carboxylic acids is 2. The first-order valence-electron chi connectivity index (χ1n) is 9.56. The molecular weight excluding hydrogens is 354 g/mol. The van der Waals surface area contributed by atoms with Crippen molar-refractivity contribution >= 4 is 28.9 Å². The second-order valence-corrected chi connectivity index (χ2v) is 6.43. The fourth-order valence-electron chi connectivity index (χ4n) is 3.04. The van der Waals surface area contributed by atoms with E-state index in [1.807, 2.05) is 6.07 Å². The molecule has 0 spiro atoms. The predicted molar refractivity (Wildman–Crippen MR) is 114 cm³/mol. The van der Waals surface area contributed by atoms with Gasteiger partial charge in [0.2, 0.25) is 5.91 Å². The zero-order valence-corrected chi connectivity index (χ0v) is 17.0. The van der Waals surface area contributed by atoms with Crippen LogP contribution in [0.15, 0.2) is 42.5 Å². The van der Waals surface area contributed by atoms with Gasteiger partial charge in [-0.25, -0.2) is 4.79 Å². The summed E-state index contributed by atoms with van der Waals surface area (Å²) in [7, 11) is 1.32. The fraction of sp³-hybridized carbons (Fsp3) is 0.364. The van der Waals surface area contributed by atoms with Gasteiger partial charge in [-0.2, -0.15) is 0 Å². The first-order chi connectivity index (χ1) is 13.5. The van der Waals surface area contributed by atoms with E-state index >= 15 is 0 Å². The number of anilines is 3. The topological polar surface area (TPSA) is 70.7 Å². The third kappa shape index (κ3) is 5.49. The molecule has 28 heavy (non-hydrogen) atoms. The highest BCUT2D eigenvalue weighted by Crippen LogP contribution is 2.22. The minimum absolute atomic E-state index is 0.165. The van der Waals surface area contributed by atoms with Gasteiger partial charge in [-0.15, -0.1) is 0 Å². The maximum absolute atomic E-state index is 12.3. The molecule has 0 fully saturated rings. The van der Waals surface area contributed by atoms with E-state index in [4.69, 9.17) is 4.74 Å². The van der Waals surface area contributed by atoms with Crippen molar-refractivity contribution in [3.8, 4) is 0 Å². The van der Waals surface area contributed by atoms with Crippen LogP contribution >= 0.6 is 0 Å². The second-order valence-electron chi connectivity index (χ2n) is 6.43. The van der Waals surface area contributed by atoms with Crippen molar-refractivity contribution < 1.29 is 14.3 Å². The van der Waals surface area contributed by atoms with Crippen LogP contribution in [0.25, 0.3) is 0 Å². The Morgan fingerprint density at radius 1 is 1.04 bits per heavy atom. The van der Waals surface area contributed by atoms with Crippen molar-refractivity contribution in [1.29, 1.82) is 0 Å². The Balaban J connectivity index is 1.92. The molecule has 0 bridgehead atoms. The molecule has 0 radical (unpaired) electrons. The minimum atomic E-state index is -0.474. The molecule has 0 aliphatic carbocycles. The maximum atomic E-state index is 12.3. The molecule has 0 aromatic heterocycles. The zero-order chi connectivity index (χ0) is 20.5. The van der Waals surface area contributed by atoms with Crippen LogP contribution in [0.2, 0.25) is 0 Å². The summed E-state index contributed by atoms with van der Waals surface area (Å²) in [6, 6.07) is 13.1. The third-order valence-electron chi connectivity index (χ3n) is 4.61. The van der Waals surface area contributed by atoms with E-state index in [-0.39, 0.29) is 12.3 Å². The number of benzene rings is 2.